The third kappa shape index (κ3) is 3.61. The van der Waals surface area contributed by atoms with Crippen molar-refractivity contribution in [1.82, 2.24) is 10.6 Å². The maximum Gasteiger partial charge on any atom is 0.240 e. The number of carbonyl (C=O) groups is 1. The highest BCUT2D eigenvalue weighted by molar-refractivity contribution is 6.42. The number of amides is 1. The molecule has 0 aliphatic carbocycles. The molecule has 1 aromatic rings. The molecule has 1 rings (SSSR count). The zero-order chi connectivity index (χ0) is 13.9. The van der Waals surface area contributed by atoms with Gasteiger partial charge in [0.1, 0.15) is 0 Å². The van der Waals surface area contributed by atoms with Crippen molar-refractivity contribution in [1.29, 1.82) is 0 Å². The lowest BCUT2D eigenvalue weighted by atomic mass is 10.0. The lowest BCUT2D eigenvalue weighted by Gasteiger charge is -2.25. The van der Waals surface area contributed by atoms with Crippen molar-refractivity contribution in [3.8, 4) is 0 Å². The lowest BCUT2D eigenvalue weighted by Crippen LogP contribution is -2.51. The summed E-state index contributed by atoms with van der Waals surface area (Å²) in [6.07, 6.45) is 0. The second kappa shape index (κ2) is 5.91. The minimum atomic E-state index is -0.607. The number of hydrogen-bond donors (Lipinski definition) is 2. The maximum absolute atomic E-state index is 12.0. The molecule has 0 fully saturated rings. The summed E-state index contributed by atoms with van der Waals surface area (Å²) in [5.41, 5.74) is 0.314. The van der Waals surface area contributed by atoms with Crippen LogP contribution >= 0.6 is 23.2 Å². The minimum absolute atomic E-state index is 0.0661. The summed E-state index contributed by atoms with van der Waals surface area (Å²) in [6.45, 7) is 5.55. The molecule has 0 radical (unpaired) electrons. The van der Waals surface area contributed by atoms with E-state index in [2.05, 4.69) is 10.6 Å². The largest absolute Gasteiger partial charge is 0.348 e. The van der Waals surface area contributed by atoms with E-state index in [9.17, 15) is 4.79 Å². The van der Waals surface area contributed by atoms with Gasteiger partial charge < -0.3 is 10.6 Å². The van der Waals surface area contributed by atoms with Crippen molar-refractivity contribution in [2.24, 2.45) is 0 Å². The molecule has 3 nitrogen and oxygen atoms in total. The molecule has 1 amide bonds. The van der Waals surface area contributed by atoms with Crippen LogP contribution in [0.2, 0.25) is 10.0 Å². The van der Waals surface area contributed by atoms with Crippen molar-refractivity contribution < 1.29 is 4.79 Å². The first kappa shape index (κ1) is 15.3. The molecular formula is C13H18Cl2N2O. The molecule has 0 heterocycles. The summed E-state index contributed by atoms with van der Waals surface area (Å²) in [4.78, 5) is 12.0. The van der Waals surface area contributed by atoms with Crippen molar-refractivity contribution in [3.05, 3.63) is 33.8 Å². The Balaban J connectivity index is 2.79. The molecule has 0 saturated carbocycles. The van der Waals surface area contributed by atoms with Crippen LogP contribution in [0.4, 0.5) is 0 Å². The molecule has 0 aromatic heterocycles. The highest BCUT2D eigenvalue weighted by Gasteiger charge is 2.26. The smallest absolute Gasteiger partial charge is 0.240 e. The SMILES string of the molecule is CNC(C)(C)C(=O)NC(C)c1ccc(Cl)c(Cl)c1. The molecule has 0 bridgehead atoms. The third-order valence-corrected chi connectivity index (χ3v) is 3.72. The van der Waals surface area contributed by atoms with Gasteiger partial charge in [0.05, 0.1) is 21.6 Å². The van der Waals surface area contributed by atoms with Gasteiger partial charge >= 0.3 is 0 Å². The molecule has 0 aliphatic rings. The van der Waals surface area contributed by atoms with Gasteiger partial charge in [0.25, 0.3) is 0 Å². The fourth-order valence-electron chi connectivity index (χ4n) is 1.36. The molecule has 1 aromatic carbocycles. The number of nitrogens with one attached hydrogen (secondary N) is 2. The first-order chi connectivity index (χ1) is 8.27. The third-order valence-electron chi connectivity index (χ3n) is 2.98. The summed E-state index contributed by atoms with van der Waals surface area (Å²) in [7, 11) is 1.75. The van der Waals surface area contributed by atoms with Crippen molar-refractivity contribution in [3.63, 3.8) is 0 Å². The quantitative estimate of drug-likeness (QED) is 0.894. The normalized spacial score (nSPS) is 13.2. The minimum Gasteiger partial charge on any atom is -0.348 e. The number of likely N-dealkylation sites (N-methyl/N-ethyl adjacent to an activating group) is 1. The second-order valence-electron chi connectivity index (χ2n) is 4.74. The molecular weight excluding hydrogens is 271 g/mol. The number of halogens is 2. The van der Waals surface area contributed by atoms with Gasteiger partial charge in [-0.1, -0.05) is 29.3 Å². The summed E-state index contributed by atoms with van der Waals surface area (Å²) in [5, 5.41) is 6.89. The van der Waals surface area contributed by atoms with Crippen LogP contribution in [0.15, 0.2) is 18.2 Å². The van der Waals surface area contributed by atoms with Gasteiger partial charge in [-0.3, -0.25) is 4.79 Å². The van der Waals surface area contributed by atoms with Gasteiger partial charge in [0.15, 0.2) is 0 Å². The average Bonchev–Trinajstić information content (AvgIpc) is 2.32. The van der Waals surface area contributed by atoms with Gasteiger partial charge in [-0.2, -0.15) is 0 Å². The van der Waals surface area contributed by atoms with E-state index in [1.165, 1.54) is 0 Å². The van der Waals surface area contributed by atoms with E-state index in [0.29, 0.717) is 10.0 Å². The monoisotopic (exact) mass is 288 g/mol. The Kier molecular flexibility index (Phi) is 5.02. The van der Waals surface area contributed by atoms with E-state index in [0.717, 1.165) is 5.56 Å². The lowest BCUT2D eigenvalue weighted by molar-refractivity contribution is -0.126. The van der Waals surface area contributed by atoms with Crippen LogP contribution in [0.3, 0.4) is 0 Å². The molecule has 0 spiro atoms. The predicted molar refractivity (Wildman–Crippen MR) is 76.2 cm³/mol. The van der Waals surface area contributed by atoms with Crippen LogP contribution in [0.5, 0.6) is 0 Å². The van der Waals surface area contributed by atoms with E-state index in [4.69, 9.17) is 23.2 Å². The van der Waals surface area contributed by atoms with E-state index >= 15 is 0 Å². The molecule has 2 N–H and O–H groups in total. The first-order valence-corrected chi connectivity index (χ1v) is 6.48. The average molecular weight is 289 g/mol. The molecule has 1 unspecified atom stereocenters. The Bertz CT molecular complexity index is 447. The summed E-state index contributed by atoms with van der Waals surface area (Å²) in [5.74, 6) is -0.0661. The molecule has 0 saturated heterocycles. The molecule has 0 aliphatic heterocycles. The second-order valence-corrected chi connectivity index (χ2v) is 5.56. The Morgan fingerprint density at radius 1 is 1.28 bits per heavy atom. The van der Waals surface area contributed by atoms with Crippen LogP contribution < -0.4 is 10.6 Å². The van der Waals surface area contributed by atoms with Crippen molar-refractivity contribution >= 4 is 29.1 Å². The number of rotatable bonds is 4. The molecule has 1 atom stereocenters. The van der Waals surface area contributed by atoms with Gasteiger partial charge in [-0.05, 0) is 45.5 Å². The van der Waals surface area contributed by atoms with Crippen LogP contribution in [0.25, 0.3) is 0 Å². The van der Waals surface area contributed by atoms with Gasteiger partial charge in [-0.15, -0.1) is 0 Å². The van der Waals surface area contributed by atoms with E-state index < -0.39 is 5.54 Å². The van der Waals surface area contributed by atoms with Crippen molar-refractivity contribution in [2.75, 3.05) is 7.05 Å². The van der Waals surface area contributed by atoms with Crippen LogP contribution in [0.1, 0.15) is 32.4 Å². The summed E-state index contributed by atoms with van der Waals surface area (Å²) in [6, 6.07) is 5.22. The van der Waals surface area contributed by atoms with Gasteiger partial charge in [-0.25, -0.2) is 0 Å². The zero-order valence-corrected chi connectivity index (χ0v) is 12.5. The summed E-state index contributed by atoms with van der Waals surface area (Å²) >= 11 is 11.8. The predicted octanol–water partition coefficient (Wildman–Crippen LogP) is 3.17. The number of benzene rings is 1. The zero-order valence-electron chi connectivity index (χ0n) is 11.0. The Hall–Kier alpha value is -0.770. The first-order valence-electron chi connectivity index (χ1n) is 5.72. The van der Waals surface area contributed by atoms with Crippen LogP contribution in [-0.2, 0) is 4.79 Å². The topological polar surface area (TPSA) is 41.1 Å². The van der Waals surface area contributed by atoms with E-state index in [-0.39, 0.29) is 11.9 Å². The fourth-order valence-corrected chi connectivity index (χ4v) is 1.66. The standard InChI is InChI=1S/C13H18Cl2N2O/c1-8(17-12(18)13(2,3)16-4)9-5-6-10(14)11(15)7-9/h5-8,16H,1-4H3,(H,17,18). The fraction of sp³-hybridized carbons (Fsp3) is 0.462. The Morgan fingerprint density at radius 3 is 2.39 bits per heavy atom. The van der Waals surface area contributed by atoms with E-state index in [1.807, 2.05) is 26.8 Å². The van der Waals surface area contributed by atoms with Gasteiger partial charge in [0.2, 0.25) is 5.91 Å². The number of hydrogen-bond acceptors (Lipinski definition) is 2. The maximum atomic E-state index is 12.0. The Morgan fingerprint density at radius 2 is 1.89 bits per heavy atom. The van der Waals surface area contributed by atoms with Gasteiger partial charge in [0, 0.05) is 0 Å². The Labute approximate surface area is 118 Å². The summed E-state index contributed by atoms with van der Waals surface area (Å²) < 4.78 is 0. The molecule has 100 valence electrons. The van der Waals surface area contributed by atoms with E-state index in [1.54, 1.807) is 19.2 Å². The van der Waals surface area contributed by atoms with Crippen LogP contribution in [0, 0.1) is 0 Å². The van der Waals surface area contributed by atoms with Crippen LogP contribution in [-0.4, -0.2) is 18.5 Å². The van der Waals surface area contributed by atoms with Crippen molar-refractivity contribution in [2.45, 2.75) is 32.4 Å². The highest BCUT2D eigenvalue weighted by Crippen LogP contribution is 2.25. The highest BCUT2D eigenvalue weighted by atomic mass is 35.5. The molecule has 5 heteroatoms. The number of carbonyl (C=O) groups excluding carboxylic acids is 1. The molecule has 18 heavy (non-hydrogen) atoms.